The van der Waals surface area contributed by atoms with Crippen LogP contribution in [0.3, 0.4) is 0 Å². The molecule has 9 nitrogen and oxygen atoms in total. The van der Waals surface area contributed by atoms with Gasteiger partial charge in [-0.2, -0.15) is 20.5 Å². The zero-order valence-corrected chi connectivity index (χ0v) is 20.9. The summed E-state index contributed by atoms with van der Waals surface area (Å²) in [7, 11) is 0. The molecular formula is C29H28N4O5. The van der Waals surface area contributed by atoms with E-state index in [1.54, 1.807) is 24.3 Å². The van der Waals surface area contributed by atoms with Crippen LogP contribution in [0.15, 0.2) is 119 Å². The Bertz CT molecular complexity index is 1270. The Kier molecular flexibility index (Phi) is 11.1. The Balaban J connectivity index is 1.43. The molecule has 0 aliphatic heterocycles. The normalized spacial score (nSPS) is 10.8. The maximum atomic E-state index is 11.1. The molecule has 0 aliphatic carbocycles. The fourth-order valence-electron chi connectivity index (χ4n) is 2.96. The molecule has 194 valence electrons. The number of rotatable bonds is 14. The molecule has 0 spiro atoms. The van der Waals surface area contributed by atoms with E-state index >= 15 is 0 Å². The van der Waals surface area contributed by atoms with Crippen LogP contribution in [0.2, 0.25) is 0 Å². The first kappa shape index (κ1) is 27.7. The summed E-state index contributed by atoms with van der Waals surface area (Å²) in [5.74, 6) is -0.177. The number of carbonyl (C=O) groups is 2. The van der Waals surface area contributed by atoms with Crippen molar-refractivity contribution in [2.24, 2.45) is 20.5 Å². The molecule has 3 rings (SSSR count). The molecule has 0 fully saturated rings. The predicted molar refractivity (Wildman–Crippen MR) is 144 cm³/mol. The molecule has 38 heavy (non-hydrogen) atoms. The second kappa shape index (κ2) is 15.2. The van der Waals surface area contributed by atoms with E-state index < -0.39 is 11.9 Å². The molecule has 3 aromatic rings. The molecular weight excluding hydrogens is 484 g/mol. The predicted octanol–water partition coefficient (Wildman–Crippen LogP) is 7.29. The van der Waals surface area contributed by atoms with Crippen LogP contribution < -0.4 is 4.74 Å². The van der Waals surface area contributed by atoms with E-state index in [1.807, 2.05) is 48.5 Å². The minimum atomic E-state index is -0.441. The average Bonchev–Trinajstić information content (AvgIpc) is 2.96. The van der Waals surface area contributed by atoms with E-state index in [2.05, 4.69) is 33.6 Å². The molecule has 0 aromatic heterocycles. The van der Waals surface area contributed by atoms with Gasteiger partial charge in [-0.1, -0.05) is 25.3 Å². The van der Waals surface area contributed by atoms with E-state index in [0.717, 1.165) is 17.7 Å². The van der Waals surface area contributed by atoms with Crippen LogP contribution in [0.1, 0.15) is 12.0 Å². The van der Waals surface area contributed by atoms with Gasteiger partial charge in [-0.3, -0.25) is 0 Å². The van der Waals surface area contributed by atoms with Crippen molar-refractivity contribution in [1.29, 1.82) is 0 Å². The van der Waals surface area contributed by atoms with Crippen LogP contribution in [-0.2, 0) is 25.5 Å². The van der Waals surface area contributed by atoms with Gasteiger partial charge in [0.2, 0.25) is 0 Å². The molecule has 9 heteroatoms. The van der Waals surface area contributed by atoms with E-state index in [-0.39, 0.29) is 6.61 Å². The monoisotopic (exact) mass is 512 g/mol. The first-order valence-corrected chi connectivity index (χ1v) is 11.9. The van der Waals surface area contributed by atoms with Crippen LogP contribution in [0, 0.1) is 0 Å². The molecule has 0 amide bonds. The van der Waals surface area contributed by atoms with Crippen LogP contribution in [0.5, 0.6) is 5.75 Å². The van der Waals surface area contributed by atoms with Gasteiger partial charge in [0, 0.05) is 25.0 Å². The quantitative estimate of drug-likeness (QED) is 0.0974. The van der Waals surface area contributed by atoms with Gasteiger partial charge >= 0.3 is 11.9 Å². The topological polar surface area (TPSA) is 111 Å². The summed E-state index contributed by atoms with van der Waals surface area (Å²) in [6.45, 7) is 7.72. The molecule has 0 N–H and O–H groups in total. The third-order valence-electron chi connectivity index (χ3n) is 4.95. The Morgan fingerprint density at radius 1 is 0.605 bits per heavy atom. The minimum Gasteiger partial charge on any atom is -0.493 e. The lowest BCUT2D eigenvalue weighted by Crippen LogP contribution is -2.06. The number of nitrogens with zero attached hydrogens (tertiary/aromatic N) is 4. The van der Waals surface area contributed by atoms with Crippen molar-refractivity contribution < 1.29 is 23.8 Å². The van der Waals surface area contributed by atoms with Crippen molar-refractivity contribution in [3.05, 3.63) is 104 Å². The van der Waals surface area contributed by atoms with Crippen molar-refractivity contribution in [2.45, 2.75) is 12.8 Å². The Morgan fingerprint density at radius 2 is 1.03 bits per heavy atom. The van der Waals surface area contributed by atoms with Gasteiger partial charge < -0.3 is 14.2 Å². The molecule has 0 heterocycles. The minimum absolute atomic E-state index is 0.280. The highest BCUT2D eigenvalue weighted by atomic mass is 16.5. The smallest absolute Gasteiger partial charge is 0.330 e. The number of ether oxygens (including phenoxy) is 3. The van der Waals surface area contributed by atoms with Crippen molar-refractivity contribution in [3.63, 3.8) is 0 Å². The zero-order chi connectivity index (χ0) is 27.0. The highest BCUT2D eigenvalue weighted by molar-refractivity contribution is 5.81. The number of hydrogen-bond acceptors (Lipinski definition) is 9. The Morgan fingerprint density at radius 3 is 1.50 bits per heavy atom. The third kappa shape index (κ3) is 9.98. The number of hydrogen-bond donors (Lipinski definition) is 0. The highest BCUT2D eigenvalue weighted by Crippen LogP contribution is 2.24. The summed E-state index contributed by atoms with van der Waals surface area (Å²) in [5, 5.41) is 17.0. The molecule has 0 saturated heterocycles. The second-order valence-corrected chi connectivity index (χ2v) is 7.77. The molecule has 0 aliphatic rings. The van der Waals surface area contributed by atoms with E-state index in [9.17, 15) is 9.59 Å². The van der Waals surface area contributed by atoms with E-state index in [1.165, 1.54) is 0 Å². The lowest BCUT2D eigenvalue weighted by molar-refractivity contribution is -0.138. The van der Waals surface area contributed by atoms with Crippen LogP contribution in [0.4, 0.5) is 22.7 Å². The molecule has 0 atom stereocenters. The van der Waals surface area contributed by atoms with Gasteiger partial charge in [-0.05, 0) is 66.2 Å². The molecule has 3 aromatic carbocycles. The number of esters is 2. The van der Waals surface area contributed by atoms with E-state index in [4.69, 9.17) is 14.2 Å². The van der Waals surface area contributed by atoms with Gasteiger partial charge in [0.05, 0.1) is 42.6 Å². The summed E-state index contributed by atoms with van der Waals surface area (Å²) in [5.41, 5.74) is 3.79. The first-order chi connectivity index (χ1) is 18.6. The largest absolute Gasteiger partial charge is 0.493 e. The average molecular weight is 513 g/mol. The highest BCUT2D eigenvalue weighted by Gasteiger charge is 2.00. The summed E-state index contributed by atoms with van der Waals surface area (Å²) in [4.78, 5) is 22.1. The van der Waals surface area contributed by atoms with Gasteiger partial charge in [0.25, 0.3) is 0 Å². The summed E-state index contributed by atoms with van der Waals surface area (Å²) < 4.78 is 15.5. The van der Waals surface area contributed by atoms with Crippen molar-refractivity contribution in [3.8, 4) is 5.75 Å². The Labute approximate surface area is 221 Å². The van der Waals surface area contributed by atoms with E-state index in [0.29, 0.717) is 54.6 Å². The fraction of sp³-hybridized carbons (Fsp3) is 0.172. The van der Waals surface area contributed by atoms with Crippen LogP contribution >= 0.6 is 0 Å². The number of azo groups is 2. The van der Waals surface area contributed by atoms with Crippen molar-refractivity contribution in [2.75, 3.05) is 19.8 Å². The lowest BCUT2D eigenvalue weighted by Gasteiger charge is -2.06. The van der Waals surface area contributed by atoms with Gasteiger partial charge in [-0.25, -0.2) is 9.59 Å². The maximum absolute atomic E-state index is 11.1. The second-order valence-electron chi connectivity index (χ2n) is 7.77. The SMILES string of the molecule is C=CC(=O)OCCCOc1ccc(N=Nc2ccc(N=Nc3ccc(CCOC(=O)C=C)cc3)cc2)cc1. The zero-order valence-electron chi connectivity index (χ0n) is 20.9. The van der Waals surface area contributed by atoms with Crippen LogP contribution in [0.25, 0.3) is 0 Å². The maximum Gasteiger partial charge on any atom is 0.330 e. The van der Waals surface area contributed by atoms with Crippen molar-refractivity contribution in [1.82, 2.24) is 0 Å². The molecule has 0 bridgehead atoms. The van der Waals surface area contributed by atoms with Gasteiger partial charge in [0.15, 0.2) is 0 Å². The lowest BCUT2D eigenvalue weighted by atomic mass is 10.1. The fourth-order valence-corrected chi connectivity index (χ4v) is 2.96. The summed E-state index contributed by atoms with van der Waals surface area (Å²) >= 11 is 0. The third-order valence-corrected chi connectivity index (χ3v) is 4.95. The van der Waals surface area contributed by atoms with Gasteiger partial charge in [0.1, 0.15) is 5.75 Å². The van der Waals surface area contributed by atoms with Crippen molar-refractivity contribution >= 4 is 34.7 Å². The first-order valence-electron chi connectivity index (χ1n) is 11.9. The summed E-state index contributed by atoms with van der Waals surface area (Å²) in [6.07, 6.45) is 3.47. The number of benzene rings is 3. The molecule has 0 radical (unpaired) electrons. The molecule has 0 unspecified atom stereocenters. The van der Waals surface area contributed by atoms with Gasteiger partial charge in [-0.15, -0.1) is 0 Å². The van der Waals surface area contributed by atoms with Crippen LogP contribution in [-0.4, -0.2) is 31.8 Å². The number of carbonyl (C=O) groups excluding carboxylic acids is 2. The summed E-state index contributed by atoms with van der Waals surface area (Å²) in [6, 6.07) is 22.0. The Hall–Kier alpha value is -4.92. The standard InChI is InChI=1S/C29H28N4O5/c1-3-28(34)37-20-5-19-36-27-16-14-26(15-17-27)33-32-25-12-10-24(11-13-25)31-30-23-8-6-22(7-9-23)18-21-38-29(35)4-2/h3-4,6-17H,1-2,5,18-21H2. The molecule has 0 saturated carbocycles.